The van der Waals surface area contributed by atoms with E-state index in [1.165, 1.54) is 4.68 Å². The molecule has 0 fully saturated rings. The molecule has 106 valence electrons. The first-order chi connectivity index (χ1) is 9.58. The molecule has 2 aromatic rings. The van der Waals surface area contributed by atoms with Crippen molar-refractivity contribution in [1.82, 2.24) is 15.0 Å². The number of carbonyl (C=O) groups is 1. The number of rotatable bonds is 5. The minimum Gasteiger partial charge on any atom is -0.330 e. The fourth-order valence-electron chi connectivity index (χ4n) is 1.75. The Morgan fingerprint density at radius 1 is 1.50 bits per heavy atom. The Morgan fingerprint density at radius 3 is 3.00 bits per heavy atom. The van der Waals surface area contributed by atoms with Crippen molar-refractivity contribution in [3.8, 4) is 0 Å². The Bertz CT molecular complexity index is 611. The summed E-state index contributed by atoms with van der Waals surface area (Å²) in [4.78, 5) is 11.9. The molecule has 1 aromatic heterocycles. The molecule has 0 atom stereocenters. The van der Waals surface area contributed by atoms with Crippen molar-refractivity contribution in [2.75, 3.05) is 11.9 Å². The normalized spacial score (nSPS) is 10.6. The Morgan fingerprint density at radius 2 is 2.30 bits per heavy atom. The van der Waals surface area contributed by atoms with Gasteiger partial charge in [-0.3, -0.25) is 4.79 Å². The number of aryl methyl sites for hydroxylation is 1. The van der Waals surface area contributed by atoms with Gasteiger partial charge >= 0.3 is 0 Å². The maximum Gasteiger partial charge on any atom is 0.246 e. The zero-order valence-electron chi connectivity index (χ0n) is 11.1. The number of benzene rings is 1. The van der Waals surface area contributed by atoms with Gasteiger partial charge in [0.05, 0.1) is 5.69 Å². The number of aromatic nitrogens is 3. The lowest BCUT2D eigenvalue weighted by molar-refractivity contribution is -0.116. The summed E-state index contributed by atoms with van der Waals surface area (Å²) in [7, 11) is 0. The van der Waals surface area contributed by atoms with E-state index in [1.54, 1.807) is 6.20 Å². The minimum atomic E-state index is -0.143. The highest BCUT2D eigenvalue weighted by atomic mass is 79.9. The third-order valence-corrected chi connectivity index (χ3v) is 3.62. The maximum absolute atomic E-state index is 11.9. The van der Waals surface area contributed by atoms with Gasteiger partial charge in [0, 0.05) is 22.8 Å². The lowest BCUT2D eigenvalue weighted by Gasteiger charge is -2.06. The molecule has 6 nitrogen and oxygen atoms in total. The van der Waals surface area contributed by atoms with Crippen molar-refractivity contribution in [3.05, 3.63) is 40.1 Å². The minimum absolute atomic E-state index is 0.132. The molecular formula is C13H16BrN5O. The SMILES string of the molecule is Cc1cc(NC(=O)Cn2cc(CCN)nn2)ccc1Br. The number of amides is 1. The molecule has 0 spiro atoms. The number of halogens is 1. The van der Waals surface area contributed by atoms with Crippen LogP contribution in [-0.2, 0) is 17.8 Å². The molecule has 2 rings (SSSR count). The van der Waals surface area contributed by atoms with Gasteiger partial charge in [0.15, 0.2) is 0 Å². The molecule has 3 N–H and O–H groups in total. The van der Waals surface area contributed by atoms with Gasteiger partial charge in [-0.25, -0.2) is 4.68 Å². The number of hydrogen-bond donors (Lipinski definition) is 2. The maximum atomic E-state index is 11.9. The van der Waals surface area contributed by atoms with Gasteiger partial charge < -0.3 is 11.1 Å². The topological polar surface area (TPSA) is 85.8 Å². The Balaban J connectivity index is 1.95. The number of nitrogens with two attached hydrogens (primary N) is 1. The first-order valence-electron chi connectivity index (χ1n) is 6.23. The molecule has 0 aliphatic carbocycles. The summed E-state index contributed by atoms with van der Waals surface area (Å²) in [6, 6.07) is 5.65. The molecule has 0 unspecified atom stereocenters. The van der Waals surface area contributed by atoms with Gasteiger partial charge in [0.1, 0.15) is 6.54 Å². The van der Waals surface area contributed by atoms with Crippen LogP contribution in [0.5, 0.6) is 0 Å². The fraction of sp³-hybridized carbons (Fsp3) is 0.308. The molecule has 0 saturated heterocycles. The van der Waals surface area contributed by atoms with Crippen LogP contribution in [-0.4, -0.2) is 27.4 Å². The summed E-state index contributed by atoms with van der Waals surface area (Å²) >= 11 is 3.42. The summed E-state index contributed by atoms with van der Waals surface area (Å²) in [6.45, 7) is 2.62. The zero-order chi connectivity index (χ0) is 14.5. The smallest absolute Gasteiger partial charge is 0.246 e. The molecule has 1 amide bonds. The Hall–Kier alpha value is -1.73. The second-order valence-corrected chi connectivity index (χ2v) is 5.31. The second-order valence-electron chi connectivity index (χ2n) is 4.46. The van der Waals surface area contributed by atoms with E-state index < -0.39 is 0 Å². The van der Waals surface area contributed by atoms with Crippen LogP contribution < -0.4 is 11.1 Å². The quantitative estimate of drug-likeness (QED) is 0.865. The number of anilines is 1. The highest BCUT2D eigenvalue weighted by Gasteiger charge is 2.07. The van der Waals surface area contributed by atoms with Gasteiger partial charge in [-0.1, -0.05) is 21.1 Å². The first-order valence-corrected chi connectivity index (χ1v) is 7.03. The average molecular weight is 338 g/mol. The predicted octanol–water partition coefficient (Wildman–Crippen LogP) is 1.49. The number of nitrogens with zero attached hydrogens (tertiary/aromatic N) is 3. The van der Waals surface area contributed by atoms with Gasteiger partial charge in [-0.2, -0.15) is 0 Å². The van der Waals surface area contributed by atoms with E-state index in [1.807, 2.05) is 25.1 Å². The van der Waals surface area contributed by atoms with Crippen molar-refractivity contribution < 1.29 is 4.79 Å². The van der Waals surface area contributed by atoms with Crippen LogP contribution in [0.1, 0.15) is 11.3 Å². The van der Waals surface area contributed by atoms with Crippen LogP contribution in [0.2, 0.25) is 0 Å². The molecule has 0 aliphatic rings. The molecule has 0 bridgehead atoms. The van der Waals surface area contributed by atoms with Crippen LogP contribution in [0.3, 0.4) is 0 Å². The third kappa shape index (κ3) is 3.88. The van der Waals surface area contributed by atoms with Crippen molar-refractivity contribution in [2.45, 2.75) is 19.9 Å². The van der Waals surface area contributed by atoms with Crippen LogP contribution >= 0.6 is 15.9 Å². The summed E-state index contributed by atoms with van der Waals surface area (Å²) in [5.41, 5.74) is 8.06. The largest absolute Gasteiger partial charge is 0.330 e. The van der Waals surface area contributed by atoms with Crippen molar-refractivity contribution in [3.63, 3.8) is 0 Å². The van der Waals surface area contributed by atoms with Gasteiger partial charge in [-0.15, -0.1) is 5.10 Å². The molecule has 20 heavy (non-hydrogen) atoms. The van der Waals surface area contributed by atoms with E-state index in [0.717, 1.165) is 21.4 Å². The van der Waals surface area contributed by atoms with E-state index >= 15 is 0 Å². The fourth-order valence-corrected chi connectivity index (χ4v) is 1.99. The van der Waals surface area contributed by atoms with Gasteiger partial charge in [0.2, 0.25) is 5.91 Å². The van der Waals surface area contributed by atoms with Gasteiger partial charge in [-0.05, 0) is 37.2 Å². The highest BCUT2D eigenvalue weighted by Crippen LogP contribution is 2.19. The van der Waals surface area contributed by atoms with E-state index in [2.05, 4.69) is 31.6 Å². The molecule has 1 aromatic carbocycles. The summed E-state index contributed by atoms with van der Waals surface area (Å²) < 4.78 is 2.52. The number of hydrogen-bond acceptors (Lipinski definition) is 4. The van der Waals surface area contributed by atoms with E-state index in [-0.39, 0.29) is 12.5 Å². The summed E-state index contributed by atoms with van der Waals surface area (Å²) in [5.74, 6) is -0.143. The van der Waals surface area contributed by atoms with Crippen molar-refractivity contribution >= 4 is 27.5 Å². The average Bonchev–Trinajstić information content (AvgIpc) is 2.81. The lowest BCUT2D eigenvalue weighted by Crippen LogP contribution is -2.19. The predicted molar refractivity (Wildman–Crippen MR) is 80.3 cm³/mol. The van der Waals surface area contributed by atoms with E-state index in [9.17, 15) is 4.79 Å². The van der Waals surface area contributed by atoms with E-state index in [4.69, 9.17) is 5.73 Å². The molecule has 0 radical (unpaired) electrons. The van der Waals surface area contributed by atoms with Crippen molar-refractivity contribution in [1.29, 1.82) is 0 Å². The molecule has 0 saturated carbocycles. The highest BCUT2D eigenvalue weighted by molar-refractivity contribution is 9.10. The lowest BCUT2D eigenvalue weighted by atomic mass is 10.2. The third-order valence-electron chi connectivity index (χ3n) is 2.73. The number of nitrogens with one attached hydrogen (secondary N) is 1. The van der Waals surface area contributed by atoms with Crippen molar-refractivity contribution in [2.24, 2.45) is 5.73 Å². The van der Waals surface area contributed by atoms with Crippen LogP contribution in [0.4, 0.5) is 5.69 Å². The van der Waals surface area contributed by atoms with Crippen LogP contribution in [0, 0.1) is 6.92 Å². The molecule has 7 heteroatoms. The summed E-state index contributed by atoms with van der Waals surface area (Å²) in [6.07, 6.45) is 2.40. The monoisotopic (exact) mass is 337 g/mol. The number of carbonyl (C=O) groups excluding carboxylic acids is 1. The molecule has 0 aliphatic heterocycles. The molecule has 1 heterocycles. The Kier molecular flexibility index (Phi) is 4.86. The van der Waals surface area contributed by atoms with Crippen LogP contribution in [0.15, 0.2) is 28.9 Å². The van der Waals surface area contributed by atoms with Gasteiger partial charge in [0.25, 0.3) is 0 Å². The van der Waals surface area contributed by atoms with E-state index in [0.29, 0.717) is 13.0 Å². The Labute approximate surface area is 125 Å². The first kappa shape index (κ1) is 14.7. The summed E-state index contributed by atoms with van der Waals surface area (Å²) in [5, 5.41) is 10.7. The zero-order valence-corrected chi connectivity index (χ0v) is 12.7. The molecular weight excluding hydrogens is 322 g/mol. The standard InChI is InChI=1S/C13H16BrN5O/c1-9-6-10(2-3-12(9)14)16-13(20)8-19-7-11(4-5-15)17-18-19/h2-3,6-7H,4-5,8,15H2,1H3,(H,16,20). The second kappa shape index (κ2) is 6.62. The van der Waals surface area contributed by atoms with Crippen LogP contribution in [0.25, 0.3) is 0 Å².